The van der Waals surface area contributed by atoms with Gasteiger partial charge in [0.15, 0.2) is 11.3 Å². The first-order chi connectivity index (χ1) is 16.7. The van der Waals surface area contributed by atoms with Crippen molar-refractivity contribution in [3.8, 4) is 17.9 Å². The smallest absolute Gasteiger partial charge is 0.361 e. The summed E-state index contributed by atoms with van der Waals surface area (Å²) in [6.07, 6.45) is 0. The molecule has 0 radical (unpaired) electrons. The maximum Gasteiger partial charge on any atom is 0.361 e. The van der Waals surface area contributed by atoms with Crippen LogP contribution in [0.5, 0.6) is 5.75 Å². The molecule has 35 heavy (non-hydrogen) atoms. The number of thiol groups is 1. The van der Waals surface area contributed by atoms with Gasteiger partial charge in [-0.25, -0.2) is 17.5 Å². The van der Waals surface area contributed by atoms with E-state index in [1.165, 1.54) is 66.7 Å². The van der Waals surface area contributed by atoms with Crippen LogP contribution in [0.25, 0.3) is 11.0 Å². The average molecular weight is 508 g/mol. The van der Waals surface area contributed by atoms with Crippen molar-refractivity contribution in [1.82, 2.24) is 0 Å². The Morgan fingerprint density at radius 3 is 2.23 bits per heavy atom. The highest BCUT2D eigenvalue weighted by atomic mass is 32.2. The van der Waals surface area contributed by atoms with Crippen LogP contribution in [0.15, 0.2) is 86.9 Å². The zero-order chi connectivity index (χ0) is 25.2. The number of hydrogen-bond acceptors (Lipinski definition) is 9. The van der Waals surface area contributed by atoms with Gasteiger partial charge in [-0.2, -0.15) is 18.9 Å². The highest BCUT2D eigenvalue weighted by molar-refractivity contribution is 7.87. The van der Waals surface area contributed by atoms with Crippen molar-refractivity contribution in [1.29, 1.82) is 10.5 Å². The van der Waals surface area contributed by atoms with E-state index in [4.69, 9.17) is 19.1 Å². The molecule has 10 nitrogen and oxygen atoms in total. The molecule has 1 aromatic heterocycles. The third-order valence-corrected chi connectivity index (χ3v) is 6.77. The number of fused-ring (bicyclic) bond motifs is 1. The Balaban J connectivity index is 1.82. The molecule has 0 aliphatic rings. The highest BCUT2D eigenvalue weighted by Crippen LogP contribution is 2.31. The third kappa shape index (κ3) is 4.70. The lowest BCUT2D eigenvalue weighted by atomic mass is 10.2. The molecule has 1 heterocycles. The fourth-order valence-electron chi connectivity index (χ4n) is 3.24. The van der Waals surface area contributed by atoms with Crippen LogP contribution >= 0.6 is 0 Å². The molecule has 0 saturated heterocycles. The van der Waals surface area contributed by atoms with E-state index in [0.29, 0.717) is 4.31 Å². The second-order valence-corrected chi connectivity index (χ2v) is 9.40. The molecular formula is C23H13N3O7S2. The van der Waals surface area contributed by atoms with E-state index in [1.54, 1.807) is 0 Å². The summed E-state index contributed by atoms with van der Waals surface area (Å²) in [5.41, 5.74) is -1.36. The largest absolute Gasteiger partial charge is 0.417 e. The summed E-state index contributed by atoms with van der Waals surface area (Å²) in [6.45, 7) is 0. The van der Waals surface area contributed by atoms with Crippen molar-refractivity contribution in [3.63, 3.8) is 0 Å². The van der Waals surface area contributed by atoms with Gasteiger partial charge in [0.05, 0.1) is 29.0 Å². The second kappa shape index (κ2) is 9.30. The number of rotatable bonds is 6. The van der Waals surface area contributed by atoms with Gasteiger partial charge in [0.2, 0.25) is 10.9 Å². The van der Waals surface area contributed by atoms with Crippen LogP contribution in [0.2, 0.25) is 0 Å². The zero-order valence-electron chi connectivity index (χ0n) is 17.5. The van der Waals surface area contributed by atoms with Crippen molar-refractivity contribution < 1.29 is 25.4 Å². The van der Waals surface area contributed by atoms with E-state index in [2.05, 4.69) is 0 Å². The van der Waals surface area contributed by atoms with Crippen molar-refractivity contribution in [2.24, 2.45) is 0 Å². The Labute approximate surface area is 200 Å². The van der Waals surface area contributed by atoms with Crippen LogP contribution < -0.4 is 14.1 Å². The highest BCUT2D eigenvalue weighted by Gasteiger charge is 2.22. The van der Waals surface area contributed by atoms with Crippen LogP contribution in [0.4, 0.5) is 11.4 Å². The van der Waals surface area contributed by atoms with E-state index < -0.39 is 26.6 Å². The third-order valence-electron chi connectivity index (χ3n) is 4.77. The van der Waals surface area contributed by atoms with Crippen LogP contribution in [0.3, 0.4) is 0 Å². The molecule has 0 unspecified atom stereocenters. The lowest BCUT2D eigenvalue weighted by Gasteiger charge is -2.17. The number of para-hydroxylation sites is 1. The molecule has 0 atom stereocenters. The molecule has 0 aliphatic carbocycles. The Kier molecular flexibility index (Phi) is 6.25. The molecule has 0 aliphatic heterocycles. The number of benzene rings is 3. The van der Waals surface area contributed by atoms with Crippen molar-refractivity contribution in [2.45, 2.75) is 4.90 Å². The van der Waals surface area contributed by atoms with E-state index in [9.17, 15) is 21.6 Å². The summed E-state index contributed by atoms with van der Waals surface area (Å²) in [6, 6.07) is 19.9. The normalized spacial score (nSPS) is 11.1. The molecule has 0 saturated carbocycles. The second-order valence-electron chi connectivity index (χ2n) is 6.98. The first-order valence-electron chi connectivity index (χ1n) is 9.69. The van der Waals surface area contributed by atoms with Crippen molar-refractivity contribution in [3.05, 3.63) is 94.3 Å². The van der Waals surface area contributed by atoms with Gasteiger partial charge in [-0.3, -0.25) is 0 Å². The maximum atomic E-state index is 12.8. The van der Waals surface area contributed by atoms with Crippen molar-refractivity contribution >= 4 is 43.4 Å². The Hall–Kier alpha value is -4.65. The minimum absolute atomic E-state index is 0.0409. The van der Waals surface area contributed by atoms with E-state index in [-0.39, 0.29) is 44.1 Å². The van der Waals surface area contributed by atoms with Crippen LogP contribution in [-0.2, 0) is 21.0 Å². The number of nitriles is 2. The average Bonchev–Trinajstić information content (AvgIpc) is 2.85. The van der Waals surface area contributed by atoms with E-state index in [0.717, 1.165) is 6.07 Å². The summed E-state index contributed by atoms with van der Waals surface area (Å²) in [7, 11) is -7.75. The Morgan fingerprint density at radius 1 is 0.886 bits per heavy atom. The molecule has 4 rings (SSSR count). The Bertz CT molecular complexity index is 1790. The van der Waals surface area contributed by atoms with Crippen LogP contribution in [-0.4, -0.2) is 16.8 Å². The molecule has 4 aromatic rings. The quantitative estimate of drug-likeness (QED) is 0.235. The molecule has 0 fully saturated rings. The zero-order valence-corrected chi connectivity index (χ0v) is 19.2. The lowest BCUT2D eigenvalue weighted by Crippen LogP contribution is -2.21. The first kappa shape index (κ1) is 23.5. The minimum atomic E-state index is -4.39. The van der Waals surface area contributed by atoms with Gasteiger partial charge in [0, 0.05) is 5.39 Å². The Morgan fingerprint density at radius 2 is 1.54 bits per heavy atom. The first-order valence-corrected chi connectivity index (χ1v) is 12.2. The minimum Gasteiger partial charge on any atom is -0.417 e. The standard InChI is InChI=1S/C23H13N3O7S2/c24-13-15-4-1-7-18(10-15)26(34(28)29)20-12-17-6-3-9-21(22(17)32-23(20)27)33-35(30,31)19-8-2-5-16(11-19)14-25/h1-12,34H. The van der Waals surface area contributed by atoms with Crippen LogP contribution in [0, 0.1) is 22.7 Å². The van der Waals surface area contributed by atoms with Crippen LogP contribution in [0.1, 0.15) is 11.1 Å². The topological polar surface area (TPSA) is 159 Å². The van der Waals surface area contributed by atoms with Gasteiger partial charge in [-0.05, 0) is 48.5 Å². The van der Waals surface area contributed by atoms with Gasteiger partial charge in [0.25, 0.3) is 0 Å². The molecule has 0 N–H and O–H groups in total. The molecule has 0 amide bonds. The number of nitrogens with zero attached hydrogens (tertiary/aromatic N) is 3. The summed E-state index contributed by atoms with van der Waals surface area (Å²) in [4.78, 5) is 12.5. The number of anilines is 2. The monoisotopic (exact) mass is 507 g/mol. The molecule has 0 spiro atoms. The van der Waals surface area contributed by atoms with Gasteiger partial charge in [0.1, 0.15) is 10.6 Å². The molecule has 3 aromatic carbocycles. The summed E-state index contributed by atoms with van der Waals surface area (Å²) in [5.74, 6) is -0.307. The van der Waals surface area contributed by atoms with Gasteiger partial charge < -0.3 is 8.60 Å². The summed E-state index contributed by atoms with van der Waals surface area (Å²) >= 11 is 0. The van der Waals surface area contributed by atoms with Gasteiger partial charge in [-0.1, -0.05) is 24.3 Å². The predicted octanol–water partition coefficient (Wildman–Crippen LogP) is 2.97. The lowest BCUT2D eigenvalue weighted by molar-refractivity contribution is 0.475. The SMILES string of the molecule is N#Cc1cccc(N(c2cc3cccc(OS(=O)(=O)c4cccc(C#N)c4)c3oc2=O)[SH](=O)=O)c1. The fraction of sp³-hybridized carbons (Fsp3) is 0. The van der Waals surface area contributed by atoms with E-state index in [1.807, 2.05) is 12.1 Å². The molecule has 174 valence electrons. The van der Waals surface area contributed by atoms with E-state index >= 15 is 0 Å². The summed E-state index contributed by atoms with van der Waals surface area (Å²) in [5, 5.41) is 18.3. The predicted molar refractivity (Wildman–Crippen MR) is 125 cm³/mol. The molecular weight excluding hydrogens is 494 g/mol. The maximum absolute atomic E-state index is 12.8. The molecule has 0 bridgehead atoms. The van der Waals surface area contributed by atoms with Gasteiger partial charge >= 0.3 is 15.7 Å². The molecule has 12 heteroatoms. The summed E-state index contributed by atoms with van der Waals surface area (Å²) < 4.78 is 60.7. The fourth-order valence-corrected chi connectivity index (χ4v) is 4.84. The van der Waals surface area contributed by atoms with Crippen molar-refractivity contribution in [2.75, 3.05) is 4.31 Å². The van der Waals surface area contributed by atoms with Gasteiger partial charge in [-0.15, -0.1) is 0 Å². The number of hydrogen-bond donors (Lipinski definition) is 1.